The van der Waals surface area contributed by atoms with Crippen molar-refractivity contribution < 1.29 is 13.7 Å². The van der Waals surface area contributed by atoms with Crippen LogP contribution in [0.15, 0.2) is 53.1 Å². The Kier molecular flexibility index (Phi) is 4.19. The van der Waals surface area contributed by atoms with E-state index in [1.807, 2.05) is 29.2 Å². The van der Waals surface area contributed by atoms with E-state index in [-0.39, 0.29) is 11.7 Å². The van der Waals surface area contributed by atoms with Crippen LogP contribution < -0.4 is 0 Å². The Bertz CT molecular complexity index is 883. The van der Waals surface area contributed by atoms with Crippen molar-refractivity contribution in [2.24, 2.45) is 0 Å². The van der Waals surface area contributed by atoms with Gasteiger partial charge < -0.3 is 9.42 Å². The fraction of sp³-hybridized carbons (Fsp3) is 0.263. The number of carbonyl (C=O) groups is 1. The molecule has 0 unspecified atom stereocenters. The maximum Gasteiger partial charge on any atom is 0.253 e. The molecule has 1 aromatic heterocycles. The lowest BCUT2D eigenvalue weighted by Gasteiger charge is -2.34. The first-order valence-electron chi connectivity index (χ1n) is 8.31. The van der Waals surface area contributed by atoms with Gasteiger partial charge in [-0.25, -0.2) is 4.39 Å². The van der Waals surface area contributed by atoms with Gasteiger partial charge in [-0.3, -0.25) is 9.69 Å². The van der Waals surface area contributed by atoms with Crippen molar-refractivity contribution in [3.63, 3.8) is 0 Å². The maximum absolute atomic E-state index is 13.0. The van der Waals surface area contributed by atoms with E-state index in [2.05, 4.69) is 10.1 Å². The average Bonchev–Trinajstić information content (AvgIpc) is 3.06. The highest BCUT2D eigenvalue weighted by atomic mass is 19.1. The number of aromatic nitrogens is 1. The molecule has 4 rings (SSSR count). The number of hydrogen-bond donors (Lipinski definition) is 0. The Morgan fingerprint density at radius 1 is 1.04 bits per heavy atom. The normalized spacial score (nSPS) is 15.6. The zero-order valence-corrected chi connectivity index (χ0v) is 13.7. The van der Waals surface area contributed by atoms with Gasteiger partial charge in [-0.15, -0.1) is 0 Å². The zero-order chi connectivity index (χ0) is 17.2. The summed E-state index contributed by atoms with van der Waals surface area (Å²) in [6, 6.07) is 13.5. The van der Waals surface area contributed by atoms with Crippen LogP contribution in [0.2, 0.25) is 0 Å². The lowest BCUT2D eigenvalue weighted by atomic mass is 10.1. The Hall–Kier alpha value is -2.73. The fourth-order valence-electron chi connectivity index (χ4n) is 3.15. The monoisotopic (exact) mass is 339 g/mol. The molecule has 0 aliphatic carbocycles. The molecule has 128 valence electrons. The smallest absolute Gasteiger partial charge is 0.253 e. The second-order valence-electron chi connectivity index (χ2n) is 6.20. The number of amides is 1. The number of benzene rings is 2. The van der Waals surface area contributed by atoms with Gasteiger partial charge in [0.15, 0.2) is 5.58 Å². The van der Waals surface area contributed by atoms with Crippen molar-refractivity contribution in [1.29, 1.82) is 0 Å². The standard InChI is InChI=1S/C19H18FN3O2/c20-15-7-5-14(6-8-15)19(24)23-11-9-22(10-12-23)13-17-16-3-1-2-4-18(16)25-21-17/h1-8H,9-13H2. The van der Waals surface area contributed by atoms with Crippen molar-refractivity contribution in [3.8, 4) is 0 Å². The molecule has 0 N–H and O–H groups in total. The summed E-state index contributed by atoms with van der Waals surface area (Å²) in [5, 5.41) is 5.20. The highest BCUT2D eigenvalue weighted by molar-refractivity contribution is 5.94. The second-order valence-corrected chi connectivity index (χ2v) is 6.20. The summed E-state index contributed by atoms with van der Waals surface area (Å²) >= 11 is 0. The topological polar surface area (TPSA) is 49.6 Å². The summed E-state index contributed by atoms with van der Waals surface area (Å²) < 4.78 is 18.3. The number of piperazine rings is 1. The lowest BCUT2D eigenvalue weighted by molar-refractivity contribution is 0.0626. The number of rotatable bonds is 3. The van der Waals surface area contributed by atoms with Crippen molar-refractivity contribution in [1.82, 2.24) is 15.0 Å². The molecule has 1 fully saturated rings. The van der Waals surface area contributed by atoms with Crippen LogP contribution in [0.5, 0.6) is 0 Å². The fourth-order valence-corrected chi connectivity index (χ4v) is 3.15. The van der Waals surface area contributed by atoms with E-state index >= 15 is 0 Å². The molecule has 0 atom stereocenters. The van der Waals surface area contributed by atoms with Gasteiger partial charge in [0.1, 0.15) is 11.5 Å². The summed E-state index contributed by atoms with van der Waals surface area (Å²) in [7, 11) is 0. The van der Waals surface area contributed by atoms with E-state index in [1.165, 1.54) is 24.3 Å². The minimum absolute atomic E-state index is 0.0495. The van der Waals surface area contributed by atoms with Gasteiger partial charge in [0.05, 0.1) is 0 Å². The van der Waals surface area contributed by atoms with Crippen LogP contribution in [0.1, 0.15) is 16.1 Å². The van der Waals surface area contributed by atoms with Gasteiger partial charge >= 0.3 is 0 Å². The first-order chi connectivity index (χ1) is 12.2. The predicted octanol–water partition coefficient (Wildman–Crippen LogP) is 2.92. The van der Waals surface area contributed by atoms with Crippen molar-refractivity contribution in [2.45, 2.75) is 6.54 Å². The van der Waals surface area contributed by atoms with Gasteiger partial charge in [-0.1, -0.05) is 17.3 Å². The van der Waals surface area contributed by atoms with Crippen LogP contribution in [-0.4, -0.2) is 47.0 Å². The lowest BCUT2D eigenvalue weighted by Crippen LogP contribution is -2.48. The molecule has 0 radical (unpaired) electrons. The number of para-hydroxylation sites is 1. The first-order valence-corrected chi connectivity index (χ1v) is 8.31. The van der Waals surface area contributed by atoms with Crippen LogP contribution in [0.3, 0.4) is 0 Å². The van der Waals surface area contributed by atoms with Crippen molar-refractivity contribution in [2.75, 3.05) is 26.2 Å². The molecule has 1 saturated heterocycles. The third-order valence-electron chi connectivity index (χ3n) is 4.58. The number of nitrogens with zero attached hydrogens (tertiary/aromatic N) is 3. The molecule has 1 amide bonds. The minimum Gasteiger partial charge on any atom is -0.356 e. The molecule has 2 heterocycles. The van der Waals surface area contributed by atoms with Gasteiger partial charge in [0.25, 0.3) is 5.91 Å². The quantitative estimate of drug-likeness (QED) is 0.736. The van der Waals surface area contributed by atoms with Crippen molar-refractivity contribution >= 4 is 16.9 Å². The average molecular weight is 339 g/mol. The van der Waals surface area contributed by atoms with Crippen LogP contribution in [0.25, 0.3) is 11.0 Å². The Morgan fingerprint density at radius 3 is 2.52 bits per heavy atom. The molecule has 25 heavy (non-hydrogen) atoms. The highest BCUT2D eigenvalue weighted by Crippen LogP contribution is 2.20. The van der Waals surface area contributed by atoms with E-state index < -0.39 is 0 Å². The van der Waals surface area contributed by atoms with Crippen LogP contribution in [0.4, 0.5) is 4.39 Å². The number of halogens is 1. The third-order valence-corrected chi connectivity index (χ3v) is 4.58. The summed E-state index contributed by atoms with van der Waals surface area (Å²) in [6.45, 7) is 3.54. The van der Waals surface area contributed by atoms with Crippen LogP contribution in [0, 0.1) is 5.82 Å². The summed E-state index contributed by atoms with van der Waals surface area (Å²) in [6.07, 6.45) is 0. The Balaban J connectivity index is 1.38. The Labute approximate surface area is 144 Å². The third kappa shape index (κ3) is 3.25. The maximum atomic E-state index is 13.0. The molecular weight excluding hydrogens is 321 g/mol. The van der Waals surface area contributed by atoms with Gasteiger partial charge in [0.2, 0.25) is 0 Å². The summed E-state index contributed by atoms with van der Waals surface area (Å²) in [4.78, 5) is 16.5. The molecule has 1 aliphatic rings. The van der Waals surface area contributed by atoms with Crippen LogP contribution in [-0.2, 0) is 6.54 Å². The molecule has 2 aromatic carbocycles. The number of carbonyl (C=O) groups excluding carboxylic acids is 1. The summed E-state index contributed by atoms with van der Waals surface area (Å²) in [5.74, 6) is -0.382. The second kappa shape index (κ2) is 6.64. The van der Waals surface area contributed by atoms with E-state index in [0.717, 1.165) is 29.8 Å². The number of hydrogen-bond acceptors (Lipinski definition) is 4. The molecule has 0 saturated carbocycles. The van der Waals surface area contributed by atoms with Crippen LogP contribution >= 0.6 is 0 Å². The zero-order valence-electron chi connectivity index (χ0n) is 13.7. The molecule has 3 aromatic rings. The van der Waals surface area contributed by atoms with E-state index in [0.29, 0.717) is 25.2 Å². The molecule has 5 nitrogen and oxygen atoms in total. The predicted molar refractivity (Wildman–Crippen MR) is 91.6 cm³/mol. The highest BCUT2D eigenvalue weighted by Gasteiger charge is 2.23. The molecule has 6 heteroatoms. The van der Waals surface area contributed by atoms with Crippen molar-refractivity contribution in [3.05, 3.63) is 65.6 Å². The summed E-state index contributed by atoms with van der Waals surface area (Å²) in [5.41, 5.74) is 2.24. The minimum atomic E-state index is -0.332. The largest absolute Gasteiger partial charge is 0.356 e. The molecule has 0 bridgehead atoms. The number of fused-ring (bicyclic) bond motifs is 1. The molecule has 0 spiro atoms. The van der Waals surface area contributed by atoms with Gasteiger partial charge in [-0.05, 0) is 36.4 Å². The van der Waals surface area contributed by atoms with E-state index in [1.54, 1.807) is 0 Å². The molecular formula is C19H18FN3O2. The van der Waals surface area contributed by atoms with Gasteiger partial charge in [-0.2, -0.15) is 0 Å². The first kappa shape index (κ1) is 15.8. The van der Waals surface area contributed by atoms with Gasteiger partial charge in [0, 0.05) is 43.7 Å². The SMILES string of the molecule is O=C(c1ccc(F)cc1)N1CCN(Cc2noc3ccccc23)CC1. The molecule has 1 aliphatic heterocycles. The van der Waals surface area contributed by atoms with E-state index in [9.17, 15) is 9.18 Å². The van der Waals surface area contributed by atoms with E-state index in [4.69, 9.17) is 4.52 Å². The Morgan fingerprint density at radius 2 is 1.76 bits per heavy atom.